The number of ether oxygens (including phenoxy) is 2. The number of amides is 2. The molecule has 10 nitrogen and oxygen atoms in total. The first kappa shape index (κ1) is 25.8. The van der Waals surface area contributed by atoms with Crippen LogP contribution < -0.4 is 10.2 Å². The van der Waals surface area contributed by atoms with Crippen molar-refractivity contribution in [3.8, 4) is 0 Å². The van der Waals surface area contributed by atoms with Crippen LogP contribution in [0.1, 0.15) is 37.7 Å². The SMILES string of the molecule is CC(C)(C)OC(=O)N1CCOC(CN2CCCN(c3cccc(C(=O)Nc4ccncc4)n3)CC2)C1. The molecule has 2 fully saturated rings. The Morgan fingerprint density at radius 3 is 2.67 bits per heavy atom. The minimum atomic E-state index is -0.510. The summed E-state index contributed by atoms with van der Waals surface area (Å²) in [6.45, 7) is 11.4. The summed E-state index contributed by atoms with van der Waals surface area (Å²) < 4.78 is 11.5. The summed E-state index contributed by atoms with van der Waals surface area (Å²) in [6.07, 6.45) is 3.91. The standard InChI is InChI=1S/C26H36N6O4/c1-26(2,3)36-25(34)32-16-17-35-21(19-32)18-30-12-5-13-31(15-14-30)23-7-4-6-22(29-23)24(33)28-20-8-10-27-11-9-20/h4,6-11,21H,5,12-19H2,1-3H3,(H,27,28,33). The fraction of sp³-hybridized carbons (Fsp3) is 0.538. The molecule has 1 N–H and O–H groups in total. The number of carbonyl (C=O) groups is 2. The van der Waals surface area contributed by atoms with Gasteiger partial charge in [-0.3, -0.25) is 14.7 Å². The highest BCUT2D eigenvalue weighted by molar-refractivity contribution is 6.03. The Morgan fingerprint density at radius 2 is 1.89 bits per heavy atom. The first-order valence-corrected chi connectivity index (χ1v) is 12.5. The Morgan fingerprint density at radius 1 is 1.08 bits per heavy atom. The lowest BCUT2D eigenvalue weighted by Gasteiger charge is -2.36. The third-order valence-electron chi connectivity index (χ3n) is 6.07. The van der Waals surface area contributed by atoms with Gasteiger partial charge in [-0.15, -0.1) is 0 Å². The van der Waals surface area contributed by atoms with Crippen molar-refractivity contribution in [3.63, 3.8) is 0 Å². The van der Waals surface area contributed by atoms with Crippen molar-refractivity contribution in [3.05, 3.63) is 48.4 Å². The fourth-order valence-electron chi connectivity index (χ4n) is 4.35. The van der Waals surface area contributed by atoms with E-state index in [2.05, 4.69) is 25.1 Å². The van der Waals surface area contributed by atoms with Crippen LogP contribution in [0, 0.1) is 0 Å². The molecule has 1 unspecified atom stereocenters. The molecule has 0 radical (unpaired) electrons. The van der Waals surface area contributed by atoms with Crippen molar-refractivity contribution in [2.24, 2.45) is 0 Å². The molecule has 4 rings (SSSR count). The minimum absolute atomic E-state index is 0.0452. The normalized spacial score (nSPS) is 19.5. The van der Waals surface area contributed by atoms with Crippen molar-refractivity contribution < 1.29 is 19.1 Å². The third-order valence-corrected chi connectivity index (χ3v) is 6.07. The van der Waals surface area contributed by atoms with Crippen molar-refractivity contribution in [2.75, 3.05) is 62.6 Å². The van der Waals surface area contributed by atoms with Crippen LogP contribution in [0.5, 0.6) is 0 Å². The highest BCUT2D eigenvalue weighted by Gasteiger charge is 2.29. The maximum absolute atomic E-state index is 12.7. The lowest BCUT2D eigenvalue weighted by molar-refractivity contribution is -0.0517. The molecule has 4 heterocycles. The Balaban J connectivity index is 1.30. The fourth-order valence-corrected chi connectivity index (χ4v) is 4.35. The molecule has 0 aromatic carbocycles. The molecule has 0 bridgehead atoms. The molecule has 2 saturated heterocycles. The lowest BCUT2D eigenvalue weighted by atomic mass is 10.2. The highest BCUT2D eigenvalue weighted by Crippen LogP contribution is 2.18. The Hall–Kier alpha value is -3.24. The van der Waals surface area contributed by atoms with Gasteiger partial charge in [-0.25, -0.2) is 9.78 Å². The second-order valence-electron chi connectivity index (χ2n) is 10.1. The monoisotopic (exact) mass is 496 g/mol. The summed E-state index contributed by atoms with van der Waals surface area (Å²) in [4.78, 5) is 40.1. The van der Waals surface area contributed by atoms with Gasteiger partial charge >= 0.3 is 6.09 Å². The summed E-state index contributed by atoms with van der Waals surface area (Å²) >= 11 is 0. The zero-order chi connectivity index (χ0) is 25.5. The molecule has 0 spiro atoms. The van der Waals surface area contributed by atoms with E-state index in [9.17, 15) is 9.59 Å². The van der Waals surface area contributed by atoms with E-state index in [1.807, 2.05) is 32.9 Å². The second kappa shape index (κ2) is 11.7. The third kappa shape index (κ3) is 7.38. The summed E-state index contributed by atoms with van der Waals surface area (Å²) in [5, 5.41) is 2.86. The number of morpholine rings is 1. The number of rotatable bonds is 5. The van der Waals surface area contributed by atoms with E-state index in [0.29, 0.717) is 31.1 Å². The molecule has 2 aliphatic heterocycles. The summed E-state index contributed by atoms with van der Waals surface area (Å²) in [6, 6.07) is 9.03. The Labute approximate surface area is 212 Å². The van der Waals surface area contributed by atoms with Gasteiger partial charge in [0.05, 0.1) is 19.3 Å². The molecule has 2 aromatic heterocycles. The van der Waals surface area contributed by atoms with E-state index in [1.165, 1.54) is 0 Å². The molecule has 36 heavy (non-hydrogen) atoms. The molecular weight excluding hydrogens is 460 g/mol. The number of nitrogens with one attached hydrogen (secondary N) is 1. The molecule has 2 aromatic rings. The second-order valence-corrected chi connectivity index (χ2v) is 10.1. The van der Waals surface area contributed by atoms with Crippen molar-refractivity contribution >= 4 is 23.5 Å². The molecular formula is C26H36N6O4. The van der Waals surface area contributed by atoms with E-state index in [1.54, 1.807) is 35.5 Å². The van der Waals surface area contributed by atoms with E-state index < -0.39 is 5.60 Å². The van der Waals surface area contributed by atoms with Gasteiger partial charge in [-0.1, -0.05) is 6.07 Å². The van der Waals surface area contributed by atoms with Crippen molar-refractivity contribution in [2.45, 2.75) is 38.9 Å². The van der Waals surface area contributed by atoms with Gasteiger partial charge in [-0.05, 0) is 58.0 Å². The molecule has 1 atom stereocenters. The van der Waals surface area contributed by atoms with Crippen LogP contribution in [-0.4, -0.2) is 95.9 Å². The van der Waals surface area contributed by atoms with Crippen molar-refractivity contribution in [1.82, 2.24) is 19.8 Å². The van der Waals surface area contributed by atoms with Gasteiger partial charge in [-0.2, -0.15) is 0 Å². The van der Waals surface area contributed by atoms with Gasteiger partial charge in [0.15, 0.2) is 0 Å². The van der Waals surface area contributed by atoms with Gasteiger partial charge < -0.3 is 24.6 Å². The maximum Gasteiger partial charge on any atom is 0.410 e. The van der Waals surface area contributed by atoms with Crippen LogP contribution >= 0.6 is 0 Å². The van der Waals surface area contributed by atoms with E-state index >= 15 is 0 Å². The average Bonchev–Trinajstić information content (AvgIpc) is 3.09. The highest BCUT2D eigenvalue weighted by atomic mass is 16.6. The van der Waals surface area contributed by atoms with Gasteiger partial charge in [0, 0.05) is 50.8 Å². The number of nitrogens with zero attached hydrogens (tertiary/aromatic N) is 5. The average molecular weight is 497 g/mol. The summed E-state index contributed by atoms with van der Waals surface area (Å²) in [5.74, 6) is 0.549. The van der Waals surface area contributed by atoms with Crippen LogP contribution in [0.4, 0.5) is 16.3 Å². The van der Waals surface area contributed by atoms with Crippen molar-refractivity contribution in [1.29, 1.82) is 0 Å². The van der Waals surface area contributed by atoms with Crippen LogP contribution in [0.3, 0.4) is 0 Å². The first-order chi connectivity index (χ1) is 17.3. The predicted octanol–water partition coefficient (Wildman–Crippen LogP) is 2.88. The van der Waals surface area contributed by atoms with Crippen LogP contribution in [-0.2, 0) is 9.47 Å². The lowest BCUT2D eigenvalue weighted by Crippen LogP contribution is -2.51. The maximum atomic E-state index is 12.7. The minimum Gasteiger partial charge on any atom is -0.444 e. The van der Waals surface area contributed by atoms with Crippen LogP contribution in [0.2, 0.25) is 0 Å². The summed E-state index contributed by atoms with van der Waals surface area (Å²) in [7, 11) is 0. The largest absolute Gasteiger partial charge is 0.444 e. The number of pyridine rings is 2. The number of hydrogen-bond donors (Lipinski definition) is 1. The van der Waals surface area contributed by atoms with Gasteiger partial charge in [0.25, 0.3) is 5.91 Å². The molecule has 0 saturated carbocycles. The topological polar surface area (TPSA) is 100 Å². The molecule has 194 valence electrons. The van der Waals surface area contributed by atoms with Crippen LogP contribution in [0.15, 0.2) is 42.7 Å². The van der Waals surface area contributed by atoms with Gasteiger partial charge in [0.2, 0.25) is 0 Å². The molecule has 0 aliphatic carbocycles. The summed E-state index contributed by atoms with van der Waals surface area (Å²) in [5.41, 5.74) is 0.551. The molecule has 10 heteroatoms. The molecule has 2 amide bonds. The van der Waals surface area contributed by atoms with Crippen LogP contribution in [0.25, 0.3) is 0 Å². The number of anilines is 2. The van der Waals surface area contributed by atoms with E-state index in [4.69, 9.17) is 9.47 Å². The zero-order valence-corrected chi connectivity index (χ0v) is 21.4. The Kier molecular flexibility index (Phi) is 8.37. The predicted molar refractivity (Wildman–Crippen MR) is 137 cm³/mol. The van der Waals surface area contributed by atoms with Gasteiger partial charge in [0.1, 0.15) is 17.1 Å². The number of carbonyl (C=O) groups excluding carboxylic acids is 2. The first-order valence-electron chi connectivity index (χ1n) is 12.5. The molecule has 2 aliphatic rings. The number of hydrogen-bond acceptors (Lipinski definition) is 8. The number of aromatic nitrogens is 2. The quantitative estimate of drug-likeness (QED) is 0.675. The Bertz CT molecular complexity index is 1030. The van der Waals surface area contributed by atoms with E-state index in [-0.39, 0.29) is 18.1 Å². The zero-order valence-electron chi connectivity index (χ0n) is 21.4. The smallest absolute Gasteiger partial charge is 0.410 e. The van der Waals surface area contributed by atoms with E-state index in [0.717, 1.165) is 45.0 Å².